The molecule has 0 saturated carbocycles. The molecule has 2 nitrogen and oxygen atoms in total. The second-order valence-corrected chi connectivity index (χ2v) is 7.44. The van der Waals surface area contributed by atoms with Gasteiger partial charge in [0.25, 0.3) is 0 Å². The number of nitrogens with zero attached hydrogens (tertiary/aromatic N) is 1. The molecule has 118 valence electrons. The van der Waals surface area contributed by atoms with Crippen molar-refractivity contribution in [2.75, 3.05) is 20.1 Å². The van der Waals surface area contributed by atoms with Crippen LogP contribution in [0.5, 0.6) is 0 Å². The first kappa shape index (κ1) is 16.5. The maximum atomic E-state index is 3.78. The zero-order chi connectivity index (χ0) is 15.5. The maximum Gasteiger partial charge on any atom is 0.0323 e. The predicted molar refractivity (Wildman–Crippen MR) is 91.8 cm³/mol. The standard InChI is InChI=1S/C19H32N2/c1-15(2)21(5)14-8-13-20-18-11-12-19(3,4)17-10-7-6-9-16(17)18/h6-7,9-10,15,18,20H,8,11-14H2,1-5H3. The molecule has 1 unspecified atom stereocenters. The zero-order valence-electron chi connectivity index (χ0n) is 14.4. The van der Waals surface area contributed by atoms with Crippen molar-refractivity contribution in [1.82, 2.24) is 10.2 Å². The molecule has 0 amide bonds. The van der Waals surface area contributed by atoms with E-state index in [0.29, 0.717) is 17.5 Å². The Labute approximate surface area is 130 Å². The van der Waals surface area contributed by atoms with Gasteiger partial charge in [-0.05, 0) is 69.8 Å². The molecule has 21 heavy (non-hydrogen) atoms. The molecule has 0 bridgehead atoms. The number of benzene rings is 1. The van der Waals surface area contributed by atoms with Crippen LogP contribution in [0, 0.1) is 0 Å². The van der Waals surface area contributed by atoms with E-state index < -0.39 is 0 Å². The van der Waals surface area contributed by atoms with Crippen molar-refractivity contribution in [3.63, 3.8) is 0 Å². The minimum Gasteiger partial charge on any atom is -0.310 e. The van der Waals surface area contributed by atoms with Crippen LogP contribution in [-0.2, 0) is 5.41 Å². The second-order valence-electron chi connectivity index (χ2n) is 7.44. The molecule has 0 saturated heterocycles. The van der Waals surface area contributed by atoms with Gasteiger partial charge in [0.2, 0.25) is 0 Å². The minimum absolute atomic E-state index is 0.326. The van der Waals surface area contributed by atoms with Gasteiger partial charge in [0.15, 0.2) is 0 Å². The molecule has 1 aliphatic carbocycles. The van der Waals surface area contributed by atoms with Gasteiger partial charge in [-0.2, -0.15) is 0 Å². The van der Waals surface area contributed by atoms with Crippen molar-refractivity contribution < 1.29 is 0 Å². The van der Waals surface area contributed by atoms with Crippen molar-refractivity contribution in [3.8, 4) is 0 Å². The summed E-state index contributed by atoms with van der Waals surface area (Å²) in [6, 6.07) is 10.2. The number of rotatable bonds is 6. The summed E-state index contributed by atoms with van der Waals surface area (Å²) in [5.74, 6) is 0. The molecular formula is C19H32N2. The number of hydrogen-bond donors (Lipinski definition) is 1. The Kier molecular flexibility index (Phi) is 5.45. The average molecular weight is 288 g/mol. The van der Waals surface area contributed by atoms with E-state index >= 15 is 0 Å². The fourth-order valence-electron chi connectivity index (χ4n) is 3.29. The molecule has 2 heteroatoms. The van der Waals surface area contributed by atoms with Gasteiger partial charge in [0.1, 0.15) is 0 Å². The monoisotopic (exact) mass is 288 g/mol. The summed E-state index contributed by atoms with van der Waals surface area (Å²) in [5, 5.41) is 3.78. The normalized spacial score (nSPS) is 20.8. The van der Waals surface area contributed by atoms with Crippen molar-refractivity contribution in [1.29, 1.82) is 0 Å². The van der Waals surface area contributed by atoms with Crippen LogP contribution >= 0.6 is 0 Å². The summed E-state index contributed by atoms with van der Waals surface area (Å²) < 4.78 is 0. The van der Waals surface area contributed by atoms with Crippen LogP contribution in [0.4, 0.5) is 0 Å². The lowest BCUT2D eigenvalue weighted by Gasteiger charge is -2.37. The highest BCUT2D eigenvalue weighted by molar-refractivity contribution is 5.38. The van der Waals surface area contributed by atoms with Gasteiger partial charge in [-0.25, -0.2) is 0 Å². The lowest BCUT2D eigenvalue weighted by atomic mass is 9.71. The Morgan fingerprint density at radius 2 is 2.00 bits per heavy atom. The third-order valence-corrected chi connectivity index (χ3v) is 5.08. The van der Waals surface area contributed by atoms with Gasteiger partial charge in [-0.1, -0.05) is 38.1 Å². The number of nitrogens with one attached hydrogen (secondary N) is 1. The largest absolute Gasteiger partial charge is 0.310 e. The summed E-state index contributed by atoms with van der Waals surface area (Å²) in [5.41, 5.74) is 3.38. The second kappa shape index (κ2) is 6.93. The third-order valence-electron chi connectivity index (χ3n) is 5.08. The summed E-state index contributed by atoms with van der Waals surface area (Å²) in [7, 11) is 2.21. The fraction of sp³-hybridized carbons (Fsp3) is 0.684. The summed E-state index contributed by atoms with van der Waals surface area (Å²) in [4.78, 5) is 2.42. The van der Waals surface area contributed by atoms with Crippen molar-refractivity contribution in [2.24, 2.45) is 0 Å². The van der Waals surface area contributed by atoms with E-state index in [4.69, 9.17) is 0 Å². The average Bonchev–Trinajstić information content (AvgIpc) is 2.45. The highest BCUT2D eigenvalue weighted by atomic mass is 15.1. The highest BCUT2D eigenvalue weighted by Crippen LogP contribution is 2.41. The Bertz CT molecular complexity index is 451. The van der Waals surface area contributed by atoms with Gasteiger partial charge in [0, 0.05) is 12.1 Å². The number of fused-ring (bicyclic) bond motifs is 1. The summed E-state index contributed by atoms with van der Waals surface area (Å²) >= 11 is 0. The molecule has 0 aromatic heterocycles. The van der Waals surface area contributed by atoms with Crippen LogP contribution in [0.1, 0.15) is 64.1 Å². The molecule has 2 rings (SSSR count). The molecule has 1 atom stereocenters. The van der Waals surface area contributed by atoms with E-state index in [2.05, 4.69) is 69.2 Å². The van der Waals surface area contributed by atoms with E-state index in [1.807, 2.05) is 0 Å². The molecule has 1 aromatic carbocycles. The Hall–Kier alpha value is -0.860. The molecule has 0 fully saturated rings. The Morgan fingerprint density at radius 3 is 2.71 bits per heavy atom. The van der Waals surface area contributed by atoms with E-state index in [1.165, 1.54) is 36.9 Å². The van der Waals surface area contributed by atoms with Crippen LogP contribution in [0.15, 0.2) is 24.3 Å². The first-order valence-electron chi connectivity index (χ1n) is 8.45. The molecule has 0 spiro atoms. The Balaban J connectivity index is 1.91. The molecule has 0 radical (unpaired) electrons. The quantitative estimate of drug-likeness (QED) is 0.792. The lowest BCUT2D eigenvalue weighted by molar-refractivity contribution is 0.265. The lowest BCUT2D eigenvalue weighted by Crippen LogP contribution is -2.34. The fourth-order valence-corrected chi connectivity index (χ4v) is 3.29. The van der Waals surface area contributed by atoms with E-state index in [9.17, 15) is 0 Å². The van der Waals surface area contributed by atoms with Gasteiger partial charge >= 0.3 is 0 Å². The topological polar surface area (TPSA) is 15.3 Å². The molecule has 0 aliphatic heterocycles. The maximum absolute atomic E-state index is 3.78. The van der Waals surface area contributed by atoms with Crippen LogP contribution < -0.4 is 5.32 Å². The summed E-state index contributed by atoms with van der Waals surface area (Å²) in [6.45, 7) is 11.5. The van der Waals surface area contributed by atoms with Crippen LogP contribution in [-0.4, -0.2) is 31.1 Å². The van der Waals surface area contributed by atoms with Gasteiger partial charge in [-0.3, -0.25) is 0 Å². The third kappa shape index (κ3) is 4.08. The first-order valence-corrected chi connectivity index (χ1v) is 8.45. The van der Waals surface area contributed by atoms with Crippen molar-refractivity contribution >= 4 is 0 Å². The van der Waals surface area contributed by atoms with Crippen LogP contribution in [0.3, 0.4) is 0 Å². The minimum atomic E-state index is 0.326. The molecule has 1 aliphatic rings. The zero-order valence-corrected chi connectivity index (χ0v) is 14.4. The molecule has 1 aromatic rings. The first-order chi connectivity index (χ1) is 9.92. The Morgan fingerprint density at radius 1 is 1.29 bits per heavy atom. The molecule has 0 heterocycles. The van der Waals surface area contributed by atoms with Crippen LogP contribution in [0.25, 0.3) is 0 Å². The number of hydrogen-bond acceptors (Lipinski definition) is 2. The van der Waals surface area contributed by atoms with Gasteiger partial charge in [-0.15, -0.1) is 0 Å². The van der Waals surface area contributed by atoms with Crippen LogP contribution in [0.2, 0.25) is 0 Å². The van der Waals surface area contributed by atoms with Gasteiger partial charge < -0.3 is 10.2 Å². The SMILES string of the molecule is CC(C)N(C)CCCNC1CCC(C)(C)c2ccccc21. The van der Waals surface area contributed by atoms with E-state index in [0.717, 1.165) is 6.54 Å². The smallest absolute Gasteiger partial charge is 0.0323 e. The molecular weight excluding hydrogens is 256 g/mol. The van der Waals surface area contributed by atoms with Crippen molar-refractivity contribution in [2.45, 2.75) is 64.5 Å². The van der Waals surface area contributed by atoms with E-state index in [1.54, 1.807) is 0 Å². The van der Waals surface area contributed by atoms with E-state index in [-0.39, 0.29) is 0 Å². The summed E-state index contributed by atoms with van der Waals surface area (Å²) in [6.07, 6.45) is 3.74. The molecule has 1 N–H and O–H groups in total. The highest BCUT2D eigenvalue weighted by Gasteiger charge is 2.31. The van der Waals surface area contributed by atoms with Gasteiger partial charge in [0.05, 0.1) is 0 Å². The predicted octanol–water partition coefficient (Wildman–Crippen LogP) is 4.12. The van der Waals surface area contributed by atoms with Crippen molar-refractivity contribution in [3.05, 3.63) is 35.4 Å².